The van der Waals surface area contributed by atoms with Crippen molar-refractivity contribution in [1.29, 1.82) is 5.26 Å². The van der Waals surface area contributed by atoms with Gasteiger partial charge in [-0.05, 0) is 85.8 Å². The molecule has 0 saturated carbocycles. The maximum Gasteiger partial charge on any atom is 0.258 e. The molecule has 2 aliphatic heterocycles. The lowest BCUT2D eigenvalue weighted by molar-refractivity contribution is 0.0904. The molecule has 1 unspecified atom stereocenters. The number of likely N-dealkylation sites (tertiary alicyclic amines) is 1. The molecule has 0 aliphatic carbocycles. The Balaban J connectivity index is 1.20. The molecule has 2 aliphatic rings. The number of carbonyl (C=O) groups excluding carboxylic acids is 1. The summed E-state index contributed by atoms with van der Waals surface area (Å²) in [4.78, 5) is 18.2. The third kappa shape index (κ3) is 7.41. The molecule has 3 N–H and O–H groups in total. The number of aromatic nitrogens is 2. The zero-order valence-electron chi connectivity index (χ0n) is 25.3. The van der Waals surface area contributed by atoms with Crippen molar-refractivity contribution in [3.8, 4) is 6.07 Å². The van der Waals surface area contributed by atoms with E-state index in [1.54, 1.807) is 0 Å². The van der Waals surface area contributed by atoms with Crippen LogP contribution in [0.4, 0.5) is 26.0 Å². The molecule has 1 atom stereocenters. The predicted octanol–water partition coefficient (Wildman–Crippen LogP) is 5.56. The fraction of sp³-hybridized carbons (Fsp3) is 0.382. The van der Waals surface area contributed by atoms with Gasteiger partial charge in [0, 0.05) is 68.8 Å². The predicted molar refractivity (Wildman–Crippen MR) is 171 cm³/mol. The number of hydrogen-bond donors (Lipinski definition) is 3. The molecule has 45 heavy (non-hydrogen) atoms. The highest BCUT2D eigenvalue weighted by Gasteiger charge is 2.23. The SMILES string of the molecule is CN(CCN1CCC(C#N)C1)c1ccc(C(=O)Nc2n[nH]c3ccc(Cc4cc(F)cc(F)c4)cc23)c(NC2CCOCC2)c1. The number of fused-ring (bicyclic) bond motifs is 1. The highest BCUT2D eigenvalue weighted by Crippen LogP contribution is 2.29. The monoisotopic (exact) mass is 613 g/mol. The van der Waals surface area contributed by atoms with Crippen LogP contribution < -0.4 is 15.5 Å². The van der Waals surface area contributed by atoms with Crippen LogP contribution in [-0.2, 0) is 11.2 Å². The lowest BCUT2D eigenvalue weighted by atomic mass is 10.0. The number of rotatable bonds is 10. The van der Waals surface area contributed by atoms with E-state index in [9.17, 15) is 18.8 Å². The summed E-state index contributed by atoms with van der Waals surface area (Å²) in [7, 11) is 2.04. The summed E-state index contributed by atoms with van der Waals surface area (Å²) >= 11 is 0. The van der Waals surface area contributed by atoms with Crippen LogP contribution in [-0.4, -0.2) is 73.5 Å². The fourth-order valence-electron chi connectivity index (χ4n) is 6.10. The van der Waals surface area contributed by atoms with Crippen LogP contribution in [0.2, 0.25) is 0 Å². The molecule has 3 aromatic carbocycles. The van der Waals surface area contributed by atoms with E-state index in [-0.39, 0.29) is 17.9 Å². The van der Waals surface area contributed by atoms with Gasteiger partial charge in [-0.2, -0.15) is 10.4 Å². The number of anilines is 3. The maximum absolute atomic E-state index is 13.8. The molecule has 2 saturated heterocycles. The van der Waals surface area contributed by atoms with Gasteiger partial charge >= 0.3 is 0 Å². The molecule has 234 valence electrons. The zero-order valence-corrected chi connectivity index (χ0v) is 25.3. The second kappa shape index (κ2) is 13.6. The van der Waals surface area contributed by atoms with Gasteiger partial charge in [0.1, 0.15) is 11.6 Å². The van der Waals surface area contributed by atoms with Crippen LogP contribution in [0.25, 0.3) is 10.9 Å². The quantitative estimate of drug-likeness (QED) is 0.215. The van der Waals surface area contributed by atoms with Crippen molar-refractivity contribution in [2.75, 3.05) is 62.0 Å². The van der Waals surface area contributed by atoms with E-state index in [0.717, 1.165) is 74.0 Å². The molecule has 0 spiro atoms. The van der Waals surface area contributed by atoms with Gasteiger partial charge in [0.2, 0.25) is 0 Å². The summed E-state index contributed by atoms with van der Waals surface area (Å²) in [6, 6.07) is 17.4. The maximum atomic E-state index is 13.8. The Morgan fingerprint density at radius 2 is 1.89 bits per heavy atom. The second-order valence-electron chi connectivity index (χ2n) is 12.0. The number of halogens is 2. The minimum absolute atomic E-state index is 0.111. The number of nitriles is 1. The molecule has 1 amide bonds. The molecular weight excluding hydrogens is 576 g/mol. The van der Waals surface area contributed by atoms with Crippen LogP contribution in [0.5, 0.6) is 0 Å². The number of carbonyl (C=O) groups is 1. The Bertz CT molecular complexity index is 1690. The first-order valence-corrected chi connectivity index (χ1v) is 15.4. The smallest absolute Gasteiger partial charge is 0.258 e. The molecule has 3 heterocycles. The van der Waals surface area contributed by atoms with Gasteiger partial charge in [0.05, 0.1) is 23.1 Å². The Labute approximate surface area is 261 Å². The minimum atomic E-state index is -0.620. The van der Waals surface area contributed by atoms with E-state index in [2.05, 4.69) is 36.7 Å². The standard InChI is InChI=1S/C34H37F2N7O2/c1-42(10-11-43-9-6-23(20-37)21-43)28-3-4-29(32(19-28)38-27-7-12-45-13-8-27)34(44)39-33-30-17-22(2-5-31(30)40-41-33)14-24-15-25(35)18-26(36)16-24/h2-5,15-19,23,27,38H,6-14,21H2,1H3,(H2,39,40,41,44). The first-order valence-electron chi connectivity index (χ1n) is 15.4. The Kier molecular flexibility index (Phi) is 9.23. The highest BCUT2D eigenvalue weighted by atomic mass is 19.1. The largest absolute Gasteiger partial charge is 0.381 e. The van der Waals surface area contributed by atoms with Gasteiger partial charge in [-0.25, -0.2) is 8.78 Å². The number of hydrogen-bond acceptors (Lipinski definition) is 7. The van der Waals surface area contributed by atoms with Gasteiger partial charge in [0.25, 0.3) is 5.91 Å². The van der Waals surface area contributed by atoms with Gasteiger partial charge in [-0.3, -0.25) is 9.89 Å². The lowest BCUT2D eigenvalue weighted by Crippen LogP contribution is -2.32. The first-order chi connectivity index (χ1) is 21.8. The van der Waals surface area contributed by atoms with Crippen molar-refractivity contribution in [2.24, 2.45) is 5.92 Å². The van der Waals surface area contributed by atoms with Gasteiger partial charge in [-0.15, -0.1) is 0 Å². The molecule has 2 fully saturated rings. The Hall–Kier alpha value is -4.53. The zero-order chi connectivity index (χ0) is 31.3. The molecule has 9 nitrogen and oxygen atoms in total. The summed E-state index contributed by atoms with van der Waals surface area (Å²) in [6.45, 7) is 4.75. The number of benzene rings is 3. The fourth-order valence-corrected chi connectivity index (χ4v) is 6.10. The van der Waals surface area contributed by atoms with E-state index in [0.29, 0.717) is 42.0 Å². The topological polar surface area (TPSA) is 109 Å². The molecule has 0 bridgehead atoms. The van der Waals surface area contributed by atoms with E-state index < -0.39 is 11.6 Å². The molecule has 11 heteroatoms. The number of amides is 1. The molecule has 4 aromatic rings. The van der Waals surface area contributed by atoms with Crippen LogP contribution in [0, 0.1) is 28.9 Å². The van der Waals surface area contributed by atoms with Gasteiger partial charge in [0.15, 0.2) is 5.82 Å². The normalized spacial score (nSPS) is 17.3. The van der Waals surface area contributed by atoms with Crippen molar-refractivity contribution in [1.82, 2.24) is 15.1 Å². The Morgan fingerprint density at radius 1 is 1.09 bits per heavy atom. The summed E-state index contributed by atoms with van der Waals surface area (Å²) in [5, 5.41) is 23.8. The molecular formula is C34H37F2N7O2. The number of nitrogens with one attached hydrogen (secondary N) is 3. The van der Waals surface area contributed by atoms with Crippen LogP contribution in [0.3, 0.4) is 0 Å². The summed E-state index contributed by atoms with van der Waals surface area (Å²) in [5.41, 5.74) is 4.30. The number of likely N-dealkylation sites (N-methyl/N-ethyl adjacent to an activating group) is 1. The molecule has 0 radical (unpaired) electrons. The average molecular weight is 614 g/mol. The van der Waals surface area contributed by atoms with E-state index in [1.807, 2.05) is 43.4 Å². The number of nitrogens with zero attached hydrogens (tertiary/aromatic N) is 4. The van der Waals surface area contributed by atoms with Crippen molar-refractivity contribution in [3.05, 3.63) is 82.9 Å². The highest BCUT2D eigenvalue weighted by molar-refractivity contribution is 6.11. The summed E-state index contributed by atoms with van der Waals surface area (Å²) < 4.78 is 33.0. The van der Waals surface area contributed by atoms with E-state index in [4.69, 9.17) is 4.74 Å². The van der Waals surface area contributed by atoms with Crippen LogP contribution in [0.1, 0.15) is 40.7 Å². The summed E-state index contributed by atoms with van der Waals surface area (Å²) in [5.74, 6) is -1.05. The van der Waals surface area contributed by atoms with Crippen LogP contribution in [0.15, 0.2) is 54.6 Å². The van der Waals surface area contributed by atoms with Gasteiger partial charge < -0.3 is 25.2 Å². The summed E-state index contributed by atoms with van der Waals surface area (Å²) in [6.07, 6.45) is 2.94. The average Bonchev–Trinajstić information content (AvgIpc) is 3.66. The van der Waals surface area contributed by atoms with E-state index >= 15 is 0 Å². The van der Waals surface area contributed by atoms with E-state index in [1.165, 1.54) is 12.1 Å². The Morgan fingerprint density at radius 3 is 2.64 bits per heavy atom. The number of aromatic amines is 1. The van der Waals surface area contributed by atoms with Crippen molar-refractivity contribution in [2.45, 2.75) is 31.7 Å². The minimum Gasteiger partial charge on any atom is -0.381 e. The van der Waals surface area contributed by atoms with Gasteiger partial charge in [-0.1, -0.05) is 6.07 Å². The molecule has 6 rings (SSSR count). The van der Waals surface area contributed by atoms with Crippen molar-refractivity contribution >= 4 is 34.0 Å². The molecule has 1 aromatic heterocycles. The number of ether oxygens (including phenoxy) is 1. The van der Waals surface area contributed by atoms with Crippen molar-refractivity contribution in [3.63, 3.8) is 0 Å². The first kappa shape index (κ1) is 30.5. The third-order valence-corrected chi connectivity index (χ3v) is 8.67. The lowest BCUT2D eigenvalue weighted by Gasteiger charge is -2.27. The number of H-pyrrole nitrogens is 1. The second-order valence-corrected chi connectivity index (χ2v) is 12.0. The van der Waals surface area contributed by atoms with Crippen LogP contribution >= 0.6 is 0 Å². The van der Waals surface area contributed by atoms with Crippen molar-refractivity contribution < 1.29 is 18.3 Å². The third-order valence-electron chi connectivity index (χ3n) is 8.67.